The number of hydrogen-bond donors (Lipinski definition) is 1. The van der Waals surface area contributed by atoms with Crippen LogP contribution in [0.2, 0.25) is 5.02 Å². The Bertz CT molecular complexity index is 623. The quantitative estimate of drug-likeness (QED) is 0.865. The van der Waals surface area contributed by atoms with Crippen molar-refractivity contribution in [2.75, 3.05) is 0 Å². The smallest absolute Gasteiger partial charge is 0.241 e. The lowest BCUT2D eigenvalue weighted by Crippen LogP contribution is -2.05. The summed E-state index contributed by atoms with van der Waals surface area (Å²) in [5.74, 6) is 0.757. The van der Waals surface area contributed by atoms with Crippen LogP contribution in [0.15, 0.2) is 54.6 Å². The number of nitrogens with two attached hydrogens (primary N) is 1. The largest absolute Gasteiger partial charge is 0.457 e. The van der Waals surface area contributed by atoms with E-state index >= 15 is 0 Å². The summed E-state index contributed by atoms with van der Waals surface area (Å²) in [4.78, 5) is 10.8. The highest BCUT2D eigenvalue weighted by Gasteiger charge is 2.02. The molecule has 0 unspecified atom stereocenters. The molecular weight excluding hydrogens is 262 g/mol. The highest BCUT2D eigenvalue weighted by molar-refractivity contribution is 6.30. The normalized spacial score (nSPS) is 10.6. The molecule has 2 aromatic rings. The van der Waals surface area contributed by atoms with Crippen LogP contribution in [0, 0.1) is 0 Å². The van der Waals surface area contributed by atoms with Gasteiger partial charge in [-0.05, 0) is 30.3 Å². The van der Waals surface area contributed by atoms with E-state index in [2.05, 4.69) is 0 Å². The molecule has 96 valence electrons. The van der Waals surface area contributed by atoms with Gasteiger partial charge in [-0.3, -0.25) is 4.79 Å². The summed E-state index contributed by atoms with van der Waals surface area (Å²) in [6.07, 6.45) is 2.91. The second-order valence-corrected chi connectivity index (χ2v) is 4.27. The molecule has 2 aromatic carbocycles. The molecule has 0 atom stereocenters. The number of ether oxygens (including phenoxy) is 1. The van der Waals surface area contributed by atoms with Gasteiger partial charge in [0.05, 0.1) is 0 Å². The lowest BCUT2D eigenvalue weighted by molar-refractivity contribution is -0.113. The lowest BCUT2D eigenvalue weighted by atomic mass is 10.2. The lowest BCUT2D eigenvalue weighted by Gasteiger charge is -2.08. The van der Waals surface area contributed by atoms with Gasteiger partial charge in [-0.2, -0.15) is 0 Å². The van der Waals surface area contributed by atoms with Crippen molar-refractivity contribution in [3.8, 4) is 11.5 Å². The molecule has 3 nitrogen and oxygen atoms in total. The number of benzene rings is 2. The van der Waals surface area contributed by atoms with Crippen LogP contribution in [0.4, 0.5) is 0 Å². The molecule has 0 saturated carbocycles. The Morgan fingerprint density at radius 2 is 1.95 bits per heavy atom. The fraction of sp³-hybridized carbons (Fsp3) is 0. The first-order chi connectivity index (χ1) is 9.15. The van der Waals surface area contributed by atoms with Gasteiger partial charge in [0, 0.05) is 16.7 Å². The van der Waals surface area contributed by atoms with Gasteiger partial charge in [0.25, 0.3) is 0 Å². The van der Waals surface area contributed by atoms with Crippen molar-refractivity contribution >= 4 is 23.6 Å². The van der Waals surface area contributed by atoms with Crippen LogP contribution in [0.25, 0.3) is 6.08 Å². The molecule has 0 spiro atoms. The monoisotopic (exact) mass is 273 g/mol. The molecule has 1 amide bonds. The minimum atomic E-state index is -0.502. The van der Waals surface area contributed by atoms with Gasteiger partial charge >= 0.3 is 0 Å². The number of hydrogen-bond acceptors (Lipinski definition) is 2. The molecule has 19 heavy (non-hydrogen) atoms. The molecule has 0 fully saturated rings. The van der Waals surface area contributed by atoms with Crippen molar-refractivity contribution in [1.29, 1.82) is 0 Å². The Labute approximate surface area is 116 Å². The zero-order valence-corrected chi connectivity index (χ0v) is 10.8. The van der Waals surface area contributed by atoms with E-state index in [0.717, 1.165) is 5.56 Å². The van der Waals surface area contributed by atoms with E-state index in [1.165, 1.54) is 6.08 Å². The summed E-state index contributed by atoms with van der Waals surface area (Å²) in [5, 5.41) is 0.600. The minimum Gasteiger partial charge on any atom is -0.457 e. The van der Waals surface area contributed by atoms with Gasteiger partial charge in [-0.25, -0.2) is 0 Å². The second-order valence-electron chi connectivity index (χ2n) is 3.83. The van der Waals surface area contributed by atoms with Crippen LogP contribution in [0.5, 0.6) is 11.5 Å². The van der Waals surface area contributed by atoms with Crippen LogP contribution < -0.4 is 10.5 Å². The number of para-hydroxylation sites is 1. The van der Waals surface area contributed by atoms with Crippen LogP contribution in [-0.4, -0.2) is 5.91 Å². The second kappa shape index (κ2) is 6.07. The van der Waals surface area contributed by atoms with E-state index in [4.69, 9.17) is 22.1 Å². The number of primary amides is 1. The average molecular weight is 274 g/mol. The predicted molar refractivity (Wildman–Crippen MR) is 76.2 cm³/mol. The van der Waals surface area contributed by atoms with Gasteiger partial charge < -0.3 is 10.5 Å². The van der Waals surface area contributed by atoms with Crippen molar-refractivity contribution in [2.45, 2.75) is 0 Å². The fourth-order valence-electron chi connectivity index (χ4n) is 1.54. The van der Waals surface area contributed by atoms with E-state index in [9.17, 15) is 4.79 Å². The highest BCUT2D eigenvalue weighted by Crippen LogP contribution is 2.27. The summed E-state index contributed by atoms with van der Waals surface area (Å²) < 4.78 is 5.73. The minimum absolute atomic E-state index is 0.502. The van der Waals surface area contributed by atoms with Crippen molar-refractivity contribution < 1.29 is 9.53 Å². The van der Waals surface area contributed by atoms with E-state index in [1.807, 2.05) is 24.3 Å². The van der Waals surface area contributed by atoms with Gasteiger partial charge in [0.1, 0.15) is 11.5 Å². The molecule has 0 aliphatic rings. The van der Waals surface area contributed by atoms with Gasteiger partial charge in [0.15, 0.2) is 0 Å². The number of carbonyl (C=O) groups excluding carboxylic acids is 1. The average Bonchev–Trinajstić information content (AvgIpc) is 2.38. The number of carbonyl (C=O) groups is 1. The maximum absolute atomic E-state index is 10.8. The predicted octanol–water partition coefficient (Wildman–Crippen LogP) is 3.63. The Hall–Kier alpha value is -2.26. The maximum Gasteiger partial charge on any atom is 0.241 e. The summed E-state index contributed by atoms with van der Waals surface area (Å²) in [5.41, 5.74) is 5.84. The molecule has 2 N–H and O–H groups in total. The first-order valence-electron chi connectivity index (χ1n) is 5.65. The summed E-state index contributed by atoms with van der Waals surface area (Å²) in [6, 6.07) is 14.4. The Morgan fingerprint density at radius 1 is 1.16 bits per heavy atom. The fourth-order valence-corrected chi connectivity index (χ4v) is 1.72. The Kier molecular flexibility index (Phi) is 4.21. The van der Waals surface area contributed by atoms with E-state index in [0.29, 0.717) is 16.5 Å². The van der Waals surface area contributed by atoms with Crippen molar-refractivity contribution in [1.82, 2.24) is 0 Å². The SMILES string of the molecule is NC(=O)/C=C\c1ccccc1Oc1cccc(Cl)c1. The topological polar surface area (TPSA) is 52.3 Å². The number of amides is 1. The van der Waals surface area contributed by atoms with Crippen LogP contribution in [0.1, 0.15) is 5.56 Å². The first kappa shape index (κ1) is 13.2. The van der Waals surface area contributed by atoms with Gasteiger partial charge in [-0.1, -0.05) is 35.9 Å². The highest BCUT2D eigenvalue weighted by atomic mass is 35.5. The van der Waals surface area contributed by atoms with Crippen molar-refractivity contribution in [2.24, 2.45) is 5.73 Å². The number of halogens is 1. The van der Waals surface area contributed by atoms with Crippen LogP contribution in [0.3, 0.4) is 0 Å². The molecule has 0 radical (unpaired) electrons. The van der Waals surface area contributed by atoms with E-state index in [1.54, 1.807) is 30.3 Å². The standard InChI is InChI=1S/C15H12ClNO2/c16-12-5-3-6-13(10-12)19-14-7-2-1-4-11(14)8-9-15(17)18/h1-10H,(H2,17,18)/b9-8-. The molecule has 0 heterocycles. The third kappa shape index (κ3) is 3.86. The molecular formula is C15H12ClNO2. The molecule has 0 bridgehead atoms. The molecule has 0 aromatic heterocycles. The van der Waals surface area contributed by atoms with Gasteiger partial charge in [-0.15, -0.1) is 0 Å². The molecule has 2 rings (SSSR count). The van der Waals surface area contributed by atoms with E-state index < -0.39 is 5.91 Å². The zero-order chi connectivity index (χ0) is 13.7. The first-order valence-corrected chi connectivity index (χ1v) is 6.03. The Morgan fingerprint density at radius 3 is 2.68 bits per heavy atom. The zero-order valence-electron chi connectivity index (χ0n) is 10.0. The molecule has 0 aliphatic carbocycles. The maximum atomic E-state index is 10.8. The Balaban J connectivity index is 2.27. The third-order valence-electron chi connectivity index (χ3n) is 2.37. The third-order valence-corrected chi connectivity index (χ3v) is 2.61. The van der Waals surface area contributed by atoms with E-state index in [-0.39, 0.29) is 0 Å². The molecule has 4 heteroatoms. The van der Waals surface area contributed by atoms with Crippen molar-refractivity contribution in [3.63, 3.8) is 0 Å². The van der Waals surface area contributed by atoms with Crippen LogP contribution >= 0.6 is 11.6 Å². The summed E-state index contributed by atoms with van der Waals surface area (Å²) in [7, 11) is 0. The van der Waals surface area contributed by atoms with Crippen LogP contribution in [-0.2, 0) is 4.79 Å². The molecule has 0 saturated heterocycles. The number of rotatable bonds is 4. The van der Waals surface area contributed by atoms with Crippen molar-refractivity contribution in [3.05, 3.63) is 65.2 Å². The summed E-state index contributed by atoms with van der Waals surface area (Å²) in [6.45, 7) is 0. The molecule has 0 aliphatic heterocycles. The summed E-state index contributed by atoms with van der Waals surface area (Å²) >= 11 is 5.90. The van der Waals surface area contributed by atoms with Gasteiger partial charge in [0.2, 0.25) is 5.91 Å².